The zero-order valence-electron chi connectivity index (χ0n) is 7.84. The minimum absolute atomic E-state index is 0.145. The number of aromatic nitrogens is 2. The molecule has 15 heavy (non-hydrogen) atoms. The van der Waals surface area contributed by atoms with Crippen molar-refractivity contribution >= 4 is 21.2 Å². The summed E-state index contributed by atoms with van der Waals surface area (Å²) in [5.41, 5.74) is 0.608. The van der Waals surface area contributed by atoms with Gasteiger partial charge in [-0.2, -0.15) is 0 Å². The Bertz CT molecular complexity index is 562. The van der Waals surface area contributed by atoms with Crippen molar-refractivity contribution in [2.45, 2.75) is 5.16 Å². The maximum absolute atomic E-state index is 11.2. The minimum atomic E-state index is -3.34. The zero-order chi connectivity index (χ0) is 10.9. The van der Waals surface area contributed by atoms with E-state index in [1.54, 1.807) is 12.1 Å². The Kier molecular flexibility index (Phi) is 2.54. The van der Waals surface area contributed by atoms with Crippen LogP contribution in [0.3, 0.4) is 0 Å². The first-order chi connectivity index (χ1) is 7.07. The summed E-state index contributed by atoms with van der Waals surface area (Å²) in [5, 5.41) is 2.77. The molecule has 77 valence electrons. The minimum Gasteiger partial charge on any atom is -0.227 e. The van der Waals surface area contributed by atoms with Crippen molar-refractivity contribution in [3.8, 4) is 10.6 Å². The van der Waals surface area contributed by atoms with Gasteiger partial charge in [-0.3, -0.25) is 0 Å². The highest BCUT2D eigenvalue weighted by Crippen LogP contribution is 2.22. The van der Waals surface area contributed by atoms with E-state index in [1.165, 1.54) is 17.5 Å². The first kappa shape index (κ1) is 10.3. The molecule has 0 fully saturated rings. The van der Waals surface area contributed by atoms with E-state index < -0.39 is 9.84 Å². The average molecular weight is 239 g/mol. The van der Waals surface area contributed by atoms with Gasteiger partial charge < -0.3 is 0 Å². The molecule has 2 aromatic heterocycles. The Morgan fingerprint density at radius 1 is 1.40 bits per heavy atom. The molecule has 2 heterocycles. The van der Waals surface area contributed by atoms with Crippen molar-refractivity contribution in [2.24, 2.45) is 0 Å². The molecule has 0 aliphatic heterocycles. The summed E-state index contributed by atoms with van der Waals surface area (Å²) < 4.78 is 22.5. The maximum Gasteiger partial charge on any atom is 0.247 e. The molecule has 0 aliphatic rings. The third-order valence-corrected chi connectivity index (χ3v) is 3.37. The summed E-state index contributed by atoms with van der Waals surface area (Å²) in [5.74, 6) is 0. The van der Waals surface area contributed by atoms with Gasteiger partial charge in [0.2, 0.25) is 15.0 Å². The molecule has 6 heteroatoms. The summed E-state index contributed by atoms with van der Waals surface area (Å²) in [6.45, 7) is 0. The van der Waals surface area contributed by atoms with Crippen LogP contribution in [0.1, 0.15) is 0 Å². The van der Waals surface area contributed by atoms with Crippen molar-refractivity contribution in [3.05, 3.63) is 29.8 Å². The number of thiophene rings is 1. The highest BCUT2D eigenvalue weighted by Gasteiger charge is 2.12. The molecule has 2 aromatic rings. The second-order valence-electron chi connectivity index (χ2n) is 2.91. The van der Waals surface area contributed by atoms with E-state index in [0.29, 0.717) is 5.69 Å². The van der Waals surface area contributed by atoms with E-state index in [4.69, 9.17) is 0 Å². The van der Waals surface area contributed by atoms with Crippen LogP contribution in [0.5, 0.6) is 0 Å². The highest BCUT2D eigenvalue weighted by atomic mass is 32.2. The van der Waals surface area contributed by atoms with E-state index in [1.807, 2.05) is 6.07 Å². The normalized spacial score (nSPS) is 11.5. The van der Waals surface area contributed by atoms with E-state index in [-0.39, 0.29) is 5.16 Å². The Labute approximate surface area is 91.6 Å². The predicted molar refractivity (Wildman–Crippen MR) is 57.3 cm³/mol. The third kappa shape index (κ3) is 2.21. The lowest BCUT2D eigenvalue weighted by molar-refractivity contribution is 0.593. The molecule has 0 N–H and O–H groups in total. The zero-order valence-corrected chi connectivity index (χ0v) is 9.47. The summed E-state index contributed by atoms with van der Waals surface area (Å²) in [4.78, 5) is 8.57. The van der Waals surface area contributed by atoms with Gasteiger partial charge in [-0.1, -0.05) is 0 Å². The van der Waals surface area contributed by atoms with Crippen molar-refractivity contribution in [2.75, 3.05) is 6.26 Å². The van der Waals surface area contributed by atoms with Crippen LogP contribution in [-0.4, -0.2) is 24.6 Å². The summed E-state index contributed by atoms with van der Waals surface area (Å²) in [7, 11) is -3.34. The maximum atomic E-state index is 11.2. The van der Waals surface area contributed by atoms with Gasteiger partial charge in [0.25, 0.3) is 0 Å². The molecule has 4 nitrogen and oxygen atoms in total. The molecular formula is C9H7N2O2S2. The molecule has 0 spiro atoms. The summed E-state index contributed by atoms with van der Waals surface area (Å²) in [6, 6.07) is 5.27. The fourth-order valence-electron chi connectivity index (χ4n) is 1.04. The van der Waals surface area contributed by atoms with Crippen LogP contribution < -0.4 is 0 Å². The Hall–Kier alpha value is -1.27. The Morgan fingerprint density at radius 3 is 2.80 bits per heavy atom. The molecule has 0 saturated heterocycles. The highest BCUT2D eigenvalue weighted by molar-refractivity contribution is 7.90. The molecule has 0 bridgehead atoms. The fourth-order valence-corrected chi connectivity index (χ4v) is 2.17. The van der Waals surface area contributed by atoms with Crippen LogP contribution in [0.25, 0.3) is 10.6 Å². The monoisotopic (exact) mass is 239 g/mol. The molecule has 0 aromatic carbocycles. The van der Waals surface area contributed by atoms with Crippen LogP contribution in [0.2, 0.25) is 0 Å². The van der Waals surface area contributed by atoms with E-state index in [0.717, 1.165) is 11.1 Å². The predicted octanol–water partition coefficient (Wildman–Crippen LogP) is 1.41. The van der Waals surface area contributed by atoms with Gasteiger partial charge in [0.15, 0.2) is 0 Å². The molecule has 0 unspecified atom stereocenters. The van der Waals surface area contributed by atoms with Crippen LogP contribution in [0.15, 0.2) is 29.6 Å². The van der Waals surface area contributed by atoms with Crippen molar-refractivity contribution < 1.29 is 8.42 Å². The standard InChI is InChI=1S/C9H7N2O2S2/c1-15(12,13)9-10-5-4-7(11-9)8-3-2-6-14-8/h2-5H,1H3. The second kappa shape index (κ2) is 3.71. The largest absolute Gasteiger partial charge is 0.247 e. The van der Waals surface area contributed by atoms with Crippen molar-refractivity contribution in [1.29, 1.82) is 0 Å². The molecule has 2 rings (SSSR count). The van der Waals surface area contributed by atoms with Crippen molar-refractivity contribution in [1.82, 2.24) is 9.97 Å². The molecule has 0 aliphatic carbocycles. The van der Waals surface area contributed by atoms with Gasteiger partial charge in [0.1, 0.15) is 0 Å². The smallest absolute Gasteiger partial charge is 0.227 e. The summed E-state index contributed by atoms with van der Waals surface area (Å²) in [6.07, 6.45) is 2.53. The van der Waals surface area contributed by atoms with Gasteiger partial charge >= 0.3 is 0 Å². The molecule has 0 amide bonds. The third-order valence-electron chi connectivity index (χ3n) is 1.69. The SMILES string of the molecule is CS(=O)(=O)c1nccc(-c2cc[c]s2)n1. The topological polar surface area (TPSA) is 59.9 Å². The van der Waals surface area contributed by atoms with Gasteiger partial charge in [0.05, 0.1) is 10.6 Å². The van der Waals surface area contributed by atoms with Crippen LogP contribution >= 0.6 is 11.3 Å². The van der Waals surface area contributed by atoms with Gasteiger partial charge in [-0.25, -0.2) is 18.4 Å². The lowest BCUT2D eigenvalue weighted by atomic mass is 10.3. The molecular weight excluding hydrogens is 232 g/mol. The lowest BCUT2D eigenvalue weighted by Gasteiger charge is -1.99. The van der Waals surface area contributed by atoms with Crippen molar-refractivity contribution in [3.63, 3.8) is 0 Å². The lowest BCUT2D eigenvalue weighted by Crippen LogP contribution is -2.03. The second-order valence-corrected chi connectivity index (χ2v) is 5.70. The van der Waals surface area contributed by atoms with Gasteiger partial charge in [-0.05, 0) is 18.2 Å². The quantitative estimate of drug-likeness (QED) is 0.743. The average Bonchev–Trinajstić information content (AvgIpc) is 2.69. The Morgan fingerprint density at radius 2 is 2.20 bits per heavy atom. The number of hydrogen-bond acceptors (Lipinski definition) is 5. The number of sulfone groups is 1. The first-order valence-corrected chi connectivity index (χ1v) is 6.77. The van der Waals surface area contributed by atoms with E-state index in [2.05, 4.69) is 15.3 Å². The molecule has 1 radical (unpaired) electrons. The van der Waals surface area contributed by atoms with E-state index in [9.17, 15) is 8.42 Å². The number of nitrogens with zero attached hydrogens (tertiary/aromatic N) is 2. The Balaban J connectivity index is 2.53. The summed E-state index contributed by atoms with van der Waals surface area (Å²) >= 11 is 1.39. The van der Waals surface area contributed by atoms with Crippen LogP contribution in [-0.2, 0) is 9.84 Å². The van der Waals surface area contributed by atoms with Crippen LogP contribution in [0.4, 0.5) is 0 Å². The molecule has 0 saturated carbocycles. The molecule has 0 atom stereocenters. The van der Waals surface area contributed by atoms with Gasteiger partial charge in [-0.15, -0.1) is 11.3 Å². The fraction of sp³-hybridized carbons (Fsp3) is 0.111. The van der Waals surface area contributed by atoms with Gasteiger partial charge in [0, 0.05) is 17.8 Å². The number of hydrogen-bond donors (Lipinski definition) is 0. The van der Waals surface area contributed by atoms with Crippen LogP contribution in [0, 0.1) is 5.38 Å². The number of rotatable bonds is 2. The van der Waals surface area contributed by atoms with E-state index >= 15 is 0 Å². The first-order valence-electron chi connectivity index (χ1n) is 4.07.